The summed E-state index contributed by atoms with van der Waals surface area (Å²) in [6.45, 7) is 1.37. The molecule has 0 radical (unpaired) electrons. The van der Waals surface area contributed by atoms with Gasteiger partial charge in [-0.25, -0.2) is 0 Å². The van der Waals surface area contributed by atoms with E-state index >= 15 is 0 Å². The topological polar surface area (TPSA) is 101 Å². The van der Waals surface area contributed by atoms with E-state index in [9.17, 15) is 14.4 Å². The summed E-state index contributed by atoms with van der Waals surface area (Å²) in [6.07, 6.45) is 5.38. The fourth-order valence-corrected chi connectivity index (χ4v) is 3.45. The summed E-state index contributed by atoms with van der Waals surface area (Å²) >= 11 is 0. The van der Waals surface area contributed by atoms with E-state index in [0.717, 1.165) is 37.7 Å². The summed E-state index contributed by atoms with van der Waals surface area (Å²) in [5, 5.41) is 5.46. The van der Waals surface area contributed by atoms with E-state index in [1.54, 1.807) is 0 Å². The molecule has 1 aliphatic carbocycles. The Labute approximate surface area is 148 Å². The third-order valence-corrected chi connectivity index (χ3v) is 4.70. The average molecular weight is 345 g/mol. The zero-order valence-corrected chi connectivity index (χ0v) is 14.7. The molecule has 136 valence electrons. The Balaban J connectivity index is 2.08. The van der Waals surface area contributed by atoms with Gasteiger partial charge in [-0.15, -0.1) is 0 Å². The van der Waals surface area contributed by atoms with Crippen LogP contribution in [0.3, 0.4) is 0 Å². The van der Waals surface area contributed by atoms with E-state index in [1.807, 2.05) is 30.3 Å². The Morgan fingerprint density at radius 2 is 1.72 bits per heavy atom. The number of nitrogens with one attached hydrogen (secondary N) is 2. The van der Waals surface area contributed by atoms with Crippen molar-refractivity contribution in [2.75, 3.05) is 0 Å². The van der Waals surface area contributed by atoms with Crippen LogP contribution in [0.15, 0.2) is 30.3 Å². The predicted molar refractivity (Wildman–Crippen MR) is 95.5 cm³/mol. The Morgan fingerprint density at radius 3 is 2.28 bits per heavy atom. The van der Waals surface area contributed by atoms with Gasteiger partial charge >= 0.3 is 0 Å². The minimum atomic E-state index is -0.731. The minimum Gasteiger partial charge on any atom is -0.368 e. The Kier molecular flexibility index (Phi) is 6.98. The molecule has 3 amide bonds. The van der Waals surface area contributed by atoms with Crippen LogP contribution < -0.4 is 16.4 Å². The maximum Gasteiger partial charge on any atom is 0.243 e. The second-order valence-electron chi connectivity index (χ2n) is 6.73. The summed E-state index contributed by atoms with van der Waals surface area (Å²) in [6, 6.07) is 8.04. The molecular weight excluding hydrogens is 318 g/mol. The van der Waals surface area contributed by atoms with Gasteiger partial charge in [0.25, 0.3) is 0 Å². The van der Waals surface area contributed by atoms with E-state index < -0.39 is 18.0 Å². The van der Waals surface area contributed by atoms with Crippen LogP contribution in [0.2, 0.25) is 0 Å². The molecule has 1 aromatic rings. The van der Waals surface area contributed by atoms with Crippen LogP contribution >= 0.6 is 0 Å². The van der Waals surface area contributed by atoms with Crippen molar-refractivity contribution in [3.8, 4) is 0 Å². The molecule has 1 aromatic carbocycles. The number of carbonyl (C=O) groups excluding carboxylic acids is 3. The summed E-state index contributed by atoms with van der Waals surface area (Å²) in [5.41, 5.74) is 6.46. The number of primary amides is 1. The molecule has 1 saturated carbocycles. The SMILES string of the molecule is CC(=O)N[C@@H](Cc1ccccc1)C(=O)N[C@H](C(N)=O)C1CCCCC1. The summed E-state index contributed by atoms with van der Waals surface area (Å²) in [7, 11) is 0. The van der Waals surface area contributed by atoms with Crippen LogP contribution in [0, 0.1) is 5.92 Å². The summed E-state index contributed by atoms with van der Waals surface area (Å²) in [4.78, 5) is 36.1. The van der Waals surface area contributed by atoms with Crippen molar-refractivity contribution in [2.45, 2.75) is 57.5 Å². The Hall–Kier alpha value is -2.37. The second kappa shape index (κ2) is 9.20. The number of hydrogen-bond donors (Lipinski definition) is 3. The monoisotopic (exact) mass is 345 g/mol. The lowest BCUT2D eigenvalue weighted by Gasteiger charge is -2.30. The number of nitrogens with two attached hydrogens (primary N) is 1. The molecule has 1 fully saturated rings. The van der Waals surface area contributed by atoms with Crippen LogP contribution in [0.5, 0.6) is 0 Å². The third kappa shape index (κ3) is 5.89. The average Bonchev–Trinajstić information content (AvgIpc) is 2.60. The van der Waals surface area contributed by atoms with Crippen molar-refractivity contribution in [3.63, 3.8) is 0 Å². The smallest absolute Gasteiger partial charge is 0.243 e. The van der Waals surface area contributed by atoms with Crippen molar-refractivity contribution < 1.29 is 14.4 Å². The molecule has 0 heterocycles. The number of amides is 3. The van der Waals surface area contributed by atoms with Gasteiger partial charge < -0.3 is 16.4 Å². The number of carbonyl (C=O) groups is 3. The molecule has 6 heteroatoms. The van der Waals surface area contributed by atoms with Crippen molar-refractivity contribution in [1.82, 2.24) is 10.6 Å². The Morgan fingerprint density at radius 1 is 1.08 bits per heavy atom. The fraction of sp³-hybridized carbons (Fsp3) is 0.526. The lowest BCUT2D eigenvalue weighted by molar-refractivity contribution is -0.131. The molecule has 0 aliphatic heterocycles. The number of benzene rings is 1. The highest BCUT2D eigenvalue weighted by Gasteiger charge is 2.31. The standard InChI is InChI=1S/C19H27N3O3/c1-13(23)21-16(12-14-8-4-2-5-9-14)19(25)22-17(18(20)24)15-10-6-3-7-11-15/h2,4-5,8-9,15-17H,3,6-7,10-12H2,1H3,(H2,20,24)(H,21,23)(H,22,25)/t16-,17-/m0/s1. The molecule has 1 aliphatic rings. The Bertz CT molecular complexity index is 597. The lowest BCUT2D eigenvalue weighted by atomic mass is 9.83. The van der Waals surface area contributed by atoms with Gasteiger partial charge in [0, 0.05) is 13.3 Å². The van der Waals surface area contributed by atoms with Crippen LogP contribution in [0.25, 0.3) is 0 Å². The summed E-state index contributed by atoms with van der Waals surface area (Å²) < 4.78 is 0. The van der Waals surface area contributed by atoms with Gasteiger partial charge in [-0.05, 0) is 24.3 Å². The normalized spacial score (nSPS) is 17.3. The third-order valence-electron chi connectivity index (χ3n) is 4.70. The summed E-state index contributed by atoms with van der Waals surface area (Å²) in [5.74, 6) is -1.09. The van der Waals surface area contributed by atoms with Crippen molar-refractivity contribution in [3.05, 3.63) is 35.9 Å². The predicted octanol–water partition coefficient (Wildman–Crippen LogP) is 1.28. The van der Waals surface area contributed by atoms with E-state index in [0.29, 0.717) is 6.42 Å². The van der Waals surface area contributed by atoms with Gasteiger partial charge in [0.1, 0.15) is 12.1 Å². The van der Waals surface area contributed by atoms with Gasteiger partial charge in [0.05, 0.1) is 0 Å². The molecule has 4 N–H and O–H groups in total. The number of hydrogen-bond acceptors (Lipinski definition) is 3. The van der Waals surface area contributed by atoms with E-state index in [1.165, 1.54) is 6.92 Å². The highest BCUT2D eigenvalue weighted by molar-refractivity contribution is 5.91. The van der Waals surface area contributed by atoms with Crippen molar-refractivity contribution in [1.29, 1.82) is 0 Å². The lowest BCUT2D eigenvalue weighted by Crippen LogP contribution is -2.56. The van der Waals surface area contributed by atoms with E-state index in [4.69, 9.17) is 5.73 Å². The zero-order chi connectivity index (χ0) is 18.2. The largest absolute Gasteiger partial charge is 0.368 e. The number of rotatable bonds is 7. The molecule has 2 rings (SSSR count). The molecule has 0 spiro atoms. The molecule has 0 unspecified atom stereocenters. The highest BCUT2D eigenvalue weighted by Crippen LogP contribution is 2.26. The van der Waals surface area contributed by atoms with Crippen molar-refractivity contribution >= 4 is 17.7 Å². The van der Waals surface area contributed by atoms with Crippen molar-refractivity contribution in [2.24, 2.45) is 11.7 Å². The molecule has 2 atom stereocenters. The first-order valence-corrected chi connectivity index (χ1v) is 8.88. The molecule has 6 nitrogen and oxygen atoms in total. The molecule has 25 heavy (non-hydrogen) atoms. The highest BCUT2D eigenvalue weighted by atomic mass is 16.2. The van der Waals surface area contributed by atoms with Crippen LogP contribution in [0.4, 0.5) is 0 Å². The first-order chi connectivity index (χ1) is 12.0. The molecule has 0 bridgehead atoms. The first kappa shape index (κ1) is 19.0. The second-order valence-corrected chi connectivity index (χ2v) is 6.73. The van der Waals surface area contributed by atoms with Crippen LogP contribution in [0.1, 0.15) is 44.6 Å². The van der Waals surface area contributed by atoms with Gasteiger partial charge in [0.15, 0.2) is 0 Å². The zero-order valence-electron chi connectivity index (χ0n) is 14.7. The quantitative estimate of drug-likeness (QED) is 0.694. The molecular formula is C19H27N3O3. The van der Waals surface area contributed by atoms with Gasteiger partial charge in [-0.3, -0.25) is 14.4 Å². The first-order valence-electron chi connectivity index (χ1n) is 8.88. The maximum atomic E-state index is 12.7. The minimum absolute atomic E-state index is 0.0740. The maximum absolute atomic E-state index is 12.7. The van der Waals surface area contributed by atoms with Gasteiger partial charge in [-0.2, -0.15) is 0 Å². The molecule has 0 aromatic heterocycles. The van der Waals surface area contributed by atoms with Crippen LogP contribution in [-0.4, -0.2) is 29.8 Å². The van der Waals surface area contributed by atoms with Gasteiger partial charge in [0.2, 0.25) is 17.7 Å². The molecule has 0 saturated heterocycles. The van der Waals surface area contributed by atoms with Crippen LogP contribution in [-0.2, 0) is 20.8 Å². The van der Waals surface area contributed by atoms with E-state index in [-0.39, 0.29) is 17.7 Å². The van der Waals surface area contributed by atoms with Gasteiger partial charge in [-0.1, -0.05) is 49.6 Å². The fourth-order valence-electron chi connectivity index (χ4n) is 3.45. The van der Waals surface area contributed by atoms with E-state index in [2.05, 4.69) is 10.6 Å².